The summed E-state index contributed by atoms with van der Waals surface area (Å²) in [6, 6.07) is 24.1. The number of nitrogens with zero attached hydrogens (tertiary/aromatic N) is 1. The molecular formula is C20H18NO4P. The molecule has 0 bridgehead atoms. The van der Waals surface area contributed by atoms with Gasteiger partial charge < -0.3 is 9.26 Å². The van der Waals surface area contributed by atoms with Crippen molar-refractivity contribution in [3.05, 3.63) is 94.5 Å². The summed E-state index contributed by atoms with van der Waals surface area (Å²) < 4.78 is 11.5. The van der Waals surface area contributed by atoms with Crippen LogP contribution in [0.5, 0.6) is 11.5 Å². The zero-order valence-corrected chi connectivity index (χ0v) is 15.1. The fraction of sp³-hybridized carbons (Fsp3) is 0.100. The van der Waals surface area contributed by atoms with E-state index in [2.05, 4.69) is 0 Å². The molecule has 3 rings (SSSR count). The first-order chi connectivity index (χ1) is 12.7. The van der Waals surface area contributed by atoms with Gasteiger partial charge in [0.05, 0.1) is 12.0 Å². The van der Waals surface area contributed by atoms with E-state index in [1.54, 1.807) is 19.2 Å². The van der Waals surface area contributed by atoms with Gasteiger partial charge in [-0.3, -0.25) is 10.1 Å². The number of nitro groups is 1. The first kappa shape index (κ1) is 17.9. The molecule has 0 aromatic heterocycles. The summed E-state index contributed by atoms with van der Waals surface area (Å²) in [7, 11) is 0.658. The summed E-state index contributed by atoms with van der Waals surface area (Å²) in [6.07, 6.45) is 0.661. The van der Waals surface area contributed by atoms with Crippen molar-refractivity contribution in [1.82, 2.24) is 0 Å². The zero-order valence-electron chi connectivity index (χ0n) is 14.2. The van der Waals surface area contributed by atoms with Crippen molar-refractivity contribution in [3.63, 3.8) is 0 Å². The molecule has 0 spiro atoms. The van der Waals surface area contributed by atoms with Crippen molar-refractivity contribution in [3.8, 4) is 11.5 Å². The summed E-state index contributed by atoms with van der Waals surface area (Å²) in [5, 5.41) is 11.9. The predicted molar refractivity (Wildman–Crippen MR) is 103 cm³/mol. The summed E-state index contributed by atoms with van der Waals surface area (Å²) in [5.41, 5.74) is 1.08. The van der Waals surface area contributed by atoms with Gasteiger partial charge in [-0.15, -0.1) is 0 Å². The average molecular weight is 367 g/mol. The summed E-state index contributed by atoms with van der Waals surface area (Å²) >= 11 is 0. The van der Waals surface area contributed by atoms with Crippen LogP contribution in [0.3, 0.4) is 0 Å². The number of benzene rings is 3. The van der Waals surface area contributed by atoms with Gasteiger partial charge in [-0.2, -0.15) is 0 Å². The standard InChI is InChI=1S/C20H18NO4P/c1-24-18-11-13-20(14-12-18)26(25-19-5-3-2-4-6-19)15-16-7-9-17(10-8-16)21(22)23/h2-14H,15H2,1H3. The Morgan fingerprint density at radius 3 is 2.12 bits per heavy atom. The van der Waals surface area contributed by atoms with Crippen molar-refractivity contribution >= 4 is 19.1 Å². The third-order valence-corrected chi connectivity index (χ3v) is 5.75. The van der Waals surface area contributed by atoms with Crippen molar-refractivity contribution in [1.29, 1.82) is 0 Å². The number of hydrogen-bond acceptors (Lipinski definition) is 4. The minimum atomic E-state index is -0.976. The third kappa shape index (κ3) is 4.58. The fourth-order valence-electron chi connectivity index (χ4n) is 2.42. The minimum absolute atomic E-state index is 0.0894. The number of hydrogen-bond donors (Lipinski definition) is 0. The van der Waals surface area contributed by atoms with E-state index in [-0.39, 0.29) is 5.69 Å². The van der Waals surface area contributed by atoms with E-state index in [4.69, 9.17) is 9.26 Å². The Bertz CT molecular complexity index is 851. The molecule has 0 aliphatic carbocycles. The Labute approximate surface area is 153 Å². The summed E-state index contributed by atoms with van der Waals surface area (Å²) in [6.45, 7) is 0. The van der Waals surface area contributed by atoms with Crippen LogP contribution in [0.25, 0.3) is 0 Å². The van der Waals surface area contributed by atoms with Crippen LogP contribution >= 0.6 is 8.15 Å². The maximum atomic E-state index is 10.8. The van der Waals surface area contributed by atoms with E-state index in [0.717, 1.165) is 22.4 Å². The van der Waals surface area contributed by atoms with Gasteiger partial charge in [0.25, 0.3) is 5.69 Å². The second-order valence-electron chi connectivity index (χ2n) is 5.56. The molecule has 0 heterocycles. The van der Waals surface area contributed by atoms with Crippen molar-refractivity contribution in [2.24, 2.45) is 0 Å². The summed E-state index contributed by atoms with van der Waals surface area (Å²) in [5.74, 6) is 1.59. The first-order valence-electron chi connectivity index (χ1n) is 8.03. The molecule has 132 valence electrons. The zero-order chi connectivity index (χ0) is 18.4. The molecule has 0 aliphatic heterocycles. The van der Waals surface area contributed by atoms with E-state index in [0.29, 0.717) is 6.16 Å². The van der Waals surface area contributed by atoms with Gasteiger partial charge >= 0.3 is 0 Å². The lowest BCUT2D eigenvalue weighted by atomic mass is 10.2. The van der Waals surface area contributed by atoms with Gasteiger partial charge in [0.15, 0.2) is 0 Å². The molecule has 1 atom stereocenters. The molecule has 1 unspecified atom stereocenters. The topological polar surface area (TPSA) is 61.6 Å². The van der Waals surface area contributed by atoms with Gasteiger partial charge in [0, 0.05) is 23.6 Å². The number of non-ortho nitro benzene ring substituents is 1. The molecule has 0 fully saturated rings. The number of ether oxygens (including phenoxy) is 1. The second kappa shape index (κ2) is 8.45. The smallest absolute Gasteiger partial charge is 0.269 e. The maximum Gasteiger partial charge on any atom is 0.269 e. The highest BCUT2D eigenvalue weighted by atomic mass is 31.1. The number of rotatable bonds is 7. The molecule has 0 saturated heterocycles. The van der Waals surface area contributed by atoms with Crippen LogP contribution in [0.2, 0.25) is 0 Å². The van der Waals surface area contributed by atoms with Gasteiger partial charge in [0.1, 0.15) is 19.6 Å². The second-order valence-corrected chi connectivity index (χ2v) is 7.33. The van der Waals surface area contributed by atoms with Crippen LogP contribution in [0.1, 0.15) is 5.56 Å². The monoisotopic (exact) mass is 367 g/mol. The van der Waals surface area contributed by atoms with E-state index in [1.165, 1.54) is 12.1 Å². The molecule has 26 heavy (non-hydrogen) atoms. The highest BCUT2D eigenvalue weighted by Gasteiger charge is 2.16. The van der Waals surface area contributed by atoms with E-state index >= 15 is 0 Å². The third-order valence-electron chi connectivity index (χ3n) is 3.79. The number of methoxy groups -OCH3 is 1. The van der Waals surface area contributed by atoms with E-state index in [1.807, 2.05) is 54.6 Å². The molecule has 3 aromatic rings. The van der Waals surface area contributed by atoms with Crippen molar-refractivity contribution < 1.29 is 14.2 Å². The highest BCUT2D eigenvalue weighted by Crippen LogP contribution is 2.41. The maximum absolute atomic E-state index is 10.8. The molecule has 0 amide bonds. The van der Waals surface area contributed by atoms with Gasteiger partial charge in [0.2, 0.25) is 0 Å². The SMILES string of the molecule is COc1ccc(P(Cc2ccc([N+](=O)[O-])cc2)Oc2ccccc2)cc1. The Kier molecular flexibility index (Phi) is 5.82. The average Bonchev–Trinajstić information content (AvgIpc) is 2.69. The molecule has 3 aromatic carbocycles. The lowest BCUT2D eigenvalue weighted by Crippen LogP contribution is -2.07. The van der Waals surface area contributed by atoms with Gasteiger partial charge in [-0.05, 0) is 42.0 Å². The molecule has 0 radical (unpaired) electrons. The van der Waals surface area contributed by atoms with Crippen LogP contribution in [0.4, 0.5) is 5.69 Å². The number of nitro benzene ring substituents is 1. The minimum Gasteiger partial charge on any atom is -0.497 e. The molecular weight excluding hydrogens is 349 g/mol. The molecule has 5 nitrogen and oxygen atoms in total. The van der Waals surface area contributed by atoms with Crippen LogP contribution in [0.15, 0.2) is 78.9 Å². The van der Waals surface area contributed by atoms with Crippen LogP contribution in [-0.4, -0.2) is 12.0 Å². The molecule has 0 aliphatic rings. The number of para-hydroxylation sites is 1. The Hall–Kier alpha value is -2.91. The van der Waals surface area contributed by atoms with Crippen molar-refractivity contribution in [2.75, 3.05) is 7.11 Å². The molecule has 6 heteroatoms. The largest absolute Gasteiger partial charge is 0.497 e. The van der Waals surface area contributed by atoms with E-state index in [9.17, 15) is 10.1 Å². The summed E-state index contributed by atoms with van der Waals surface area (Å²) in [4.78, 5) is 10.4. The quantitative estimate of drug-likeness (QED) is 0.338. The Balaban J connectivity index is 1.85. The fourth-order valence-corrected chi connectivity index (χ4v) is 4.18. The normalized spacial score (nSPS) is 11.6. The lowest BCUT2D eigenvalue weighted by molar-refractivity contribution is -0.384. The van der Waals surface area contributed by atoms with Crippen LogP contribution in [0, 0.1) is 10.1 Å². The highest BCUT2D eigenvalue weighted by molar-refractivity contribution is 7.60. The lowest BCUT2D eigenvalue weighted by Gasteiger charge is -2.19. The predicted octanol–water partition coefficient (Wildman–Crippen LogP) is 4.90. The molecule has 0 N–H and O–H groups in total. The Morgan fingerprint density at radius 2 is 1.54 bits per heavy atom. The van der Waals surface area contributed by atoms with Gasteiger partial charge in [-0.1, -0.05) is 30.3 Å². The van der Waals surface area contributed by atoms with Crippen LogP contribution < -0.4 is 14.6 Å². The molecule has 0 saturated carbocycles. The first-order valence-corrected chi connectivity index (χ1v) is 9.48. The van der Waals surface area contributed by atoms with Crippen molar-refractivity contribution in [2.45, 2.75) is 6.16 Å². The Morgan fingerprint density at radius 1 is 0.885 bits per heavy atom. The van der Waals surface area contributed by atoms with Crippen LogP contribution in [-0.2, 0) is 6.16 Å². The van der Waals surface area contributed by atoms with E-state index < -0.39 is 13.1 Å². The van der Waals surface area contributed by atoms with Gasteiger partial charge in [-0.25, -0.2) is 0 Å².